The molecule has 0 fully saturated rings. The molecule has 4 heteroatoms. The van der Waals surface area contributed by atoms with Crippen LogP contribution in [0.4, 0.5) is 4.39 Å². The van der Waals surface area contributed by atoms with Gasteiger partial charge in [0.2, 0.25) is 0 Å². The third-order valence-electron chi connectivity index (χ3n) is 3.77. The quantitative estimate of drug-likeness (QED) is 0.413. The number of hydrogen-bond donors (Lipinski definition) is 0. The molecule has 1 aromatic heterocycles. The number of fused-ring (bicyclic) bond motifs is 1. The Balaban J connectivity index is 1.70. The molecule has 0 aromatic carbocycles. The van der Waals surface area contributed by atoms with Crippen LogP contribution in [-0.4, -0.2) is 5.78 Å². The minimum Gasteiger partial charge on any atom is -0.293 e. The van der Waals surface area contributed by atoms with Crippen molar-refractivity contribution in [2.75, 3.05) is 0 Å². The van der Waals surface area contributed by atoms with Gasteiger partial charge in [0.25, 0.3) is 0 Å². The number of carbonyl (C=O) groups is 1. The second-order valence-electron chi connectivity index (χ2n) is 5.43. The van der Waals surface area contributed by atoms with Gasteiger partial charge in [-0.05, 0) is 6.42 Å². The first-order chi connectivity index (χ1) is 9.74. The van der Waals surface area contributed by atoms with Gasteiger partial charge in [0.05, 0.1) is 0 Å². The molecule has 2 rings (SSSR count). The summed E-state index contributed by atoms with van der Waals surface area (Å²) in [6.45, 7) is 2.21. The van der Waals surface area contributed by atoms with Crippen molar-refractivity contribution in [3.8, 4) is 0 Å². The van der Waals surface area contributed by atoms with Crippen molar-refractivity contribution >= 4 is 28.9 Å². The highest BCUT2D eigenvalue weighted by Gasteiger charge is 2.25. The van der Waals surface area contributed by atoms with E-state index in [-0.39, 0.29) is 11.6 Å². The van der Waals surface area contributed by atoms with Gasteiger partial charge >= 0.3 is 0 Å². The minimum atomic E-state index is -0.219. The van der Waals surface area contributed by atoms with E-state index in [1.807, 2.05) is 0 Å². The van der Waals surface area contributed by atoms with Gasteiger partial charge < -0.3 is 0 Å². The molecule has 2 heterocycles. The topological polar surface area (TPSA) is 17.1 Å². The summed E-state index contributed by atoms with van der Waals surface area (Å²) in [5.74, 6) is 1.41. The Hall–Kier alpha value is -0.350. The van der Waals surface area contributed by atoms with E-state index >= 15 is 0 Å². The smallest absolute Gasteiger partial charge is 0.175 e. The lowest BCUT2D eigenvalue weighted by molar-refractivity contribution is 0.0979. The molecule has 0 radical (unpaired) electrons. The van der Waals surface area contributed by atoms with E-state index in [4.69, 9.17) is 0 Å². The van der Waals surface area contributed by atoms with Crippen LogP contribution in [0.2, 0.25) is 0 Å². The Morgan fingerprint density at radius 2 is 1.80 bits per heavy atom. The zero-order chi connectivity index (χ0) is 14.4. The number of halogens is 1. The first kappa shape index (κ1) is 16.0. The lowest BCUT2D eigenvalue weighted by Crippen LogP contribution is -1.99. The maximum atomic E-state index is 14.1. The number of ketones is 1. The van der Waals surface area contributed by atoms with Crippen molar-refractivity contribution in [2.24, 2.45) is 0 Å². The molecule has 0 saturated carbocycles. The van der Waals surface area contributed by atoms with E-state index in [9.17, 15) is 9.18 Å². The summed E-state index contributed by atoms with van der Waals surface area (Å²) in [6.07, 6.45) is 8.85. The SMILES string of the molecule is CCCCCCCCCC(=O)c1sc2c(c1F)CSC2. The number of rotatable bonds is 9. The van der Waals surface area contributed by atoms with Crippen LogP contribution in [-0.2, 0) is 11.5 Å². The zero-order valence-electron chi connectivity index (χ0n) is 12.2. The second kappa shape index (κ2) is 8.18. The Bertz CT molecular complexity index is 454. The molecule has 0 amide bonds. The number of unbranched alkanes of at least 4 members (excludes halogenated alkanes) is 6. The first-order valence-electron chi connectivity index (χ1n) is 7.65. The Morgan fingerprint density at radius 1 is 1.10 bits per heavy atom. The zero-order valence-corrected chi connectivity index (χ0v) is 13.8. The van der Waals surface area contributed by atoms with Crippen molar-refractivity contribution < 1.29 is 9.18 Å². The molecule has 0 N–H and O–H groups in total. The molecule has 1 aromatic rings. The standard InChI is InChI=1S/C16H23FOS2/c1-2-3-4-5-6-7-8-9-13(18)16-15(17)12-10-19-11-14(12)20-16/h2-11H2,1H3. The van der Waals surface area contributed by atoms with Gasteiger partial charge in [-0.15, -0.1) is 11.3 Å². The predicted molar refractivity (Wildman–Crippen MR) is 86.2 cm³/mol. The number of thiophene rings is 1. The van der Waals surface area contributed by atoms with Crippen molar-refractivity contribution in [1.82, 2.24) is 0 Å². The van der Waals surface area contributed by atoms with Gasteiger partial charge in [-0.25, -0.2) is 4.39 Å². The fourth-order valence-corrected chi connectivity index (χ4v) is 5.03. The van der Waals surface area contributed by atoms with Crippen molar-refractivity contribution in [3.05, 3.63) is 21.1 Å². The van der Waals surface area contributed by atoms with Gasteiger partial charge in [0, 0.05) is 28.4 Å². The molecular weight excluding hydrogens is 291 g/mol. The van der Waals surface area contributed by atoms with E-state index in [1.165, 1.54) is 43.4 Å². The highest BCUT2D eigenvalue weighted by molar-refractivity contribution is 7.98. The number of Topliss-reactive ketones (excluding diaryl/α,β-unsaturated/α-hetero) is 1. The fraction of sp³-hybridized carbons (Fsp3) is 0.688. The van der Waals surface area contributed by atoms with Gasteiger partial charge in [-0.3, -0.25) is 4.79 Å². The van der Waals surface area contributed by atoms with Crippen LogP contribution in [0.5, 0.6) is 0 Å². The number of hydrogen-bond acceptors (Lipinski definition) is 3. The molecule has 0 bridgehead atoms. The molecule has 1 aliphatic heterocycles. The monoisotopic (exact) mass is 314 g/mol. The highest BCUT2D eigenvalue weighted by Crippen LogP contribution is 2.39. The second-order valence-corrected chi connectivity index (χ2v) is 7.52. The van der Waals surface area contributed by atoms with Crippen LogP contribution < -0.4 is 0 Å². The maximum Gasteiger partial charge on any atom is 0.175 e. The molecule has 0 aliphatic carbocycles. The van der Waals surface area contributed by atoms with Crippen LogP contribution in [0.25, 0.3) is 0 Å². The summed E-state index contributed by atoms with van der Waals surface area (Å²) in [6, 6.07) is 0. The van der Waals surface area contributed by atoms with Crippen molar-refractivity contribution in [3.63, 3.8) is 0 Å². The van der Waals surface area contributed by atoms with Crippen LogP contribution >= 0.6 is 23.1 Å². The average molecular weight is 314 g/mol. The van der Waals surface area contributed by atoms with Crippen LogP contribution in [0.1, 0.15) is 78.4 Å². The molecule has 1 nitrogen and oxygen atoms in total. The molecular formula is C16H23FOS2. The molecule has 1 aliphatic rings. The third-order valence-corrected chi connectivity index (χ3v) is 6.18. The van der Waals surface area contributed by atoms with Crippen molar-refractivity contribution in [1.29, 1.82) is 0 Å². The normalized spacial score (nSPS) is 13.7. The van der Waals surface area contributed by atoms with Gasteiger partial charge in [-0.1, -0.05) is 45.4 Å². The molecule has 20 heavy (non-hydrogen) atoms. The van der Waals surface area contributed by atoms with Crippen LogP contribution in [0.3, 0.4) is 0 Å². The molecule has 0 unspecified atom stereocenters. The molecule has 0 atom stereocenters. The summed E-state index contributed by atoms with van der Waals surface area (Å²) < 4.78 is 14.1. The largest absolute Gasteiger partial charge is 0.293 e. The predicted octanol–water partition coefficient (Wildman–Crippen LogP) is 5.96. The van der Waals surface area contributed by atoms with E-state index in [2.05, 4.69) is 6.92 Å². The summed E-state index contributed by atoms with van der Waals surface area (Å²) in [5, 5.41) is 0. The van der Waals surface area contributed by atoms with Gasteiger partial charge in [0.1, 0.15) is 10.7 Å². The Morgan fingerprint density at radius 3 is 2.50 bits per heavy atom. The van der Waals surface area contributed by atoms with E-state index in [0.29, 0.717) is 11.3 Å². The minimum absolute atomic E-state index is 0.0143. The molecule has 0 saturated heterocycles. The Labute approximate surface area is 129 Å². The third kappa shape index (κ3) is 4.08. The Kier molecular flexibility index (Phi) is 6.56. The van der Waals surface area contributed by atoms with E-state index < -0.39 is 0 Å². The van der Waals surface area contributed by atoms with Crippen molar-refractivity contribution in [2.45, 2.75) is 69.8 Å². The van der Waals surface area contributed by atoms with Crippen LogP contribution in [0, 0.1) is 5.82 Å². The fourth-order valence-electron chi connectivity index (χ4n) is 2.53. The average Bonchev–Trinajstić information content (AvgIpc) is 3.01. The molecule has 0 spiro atoms. The lowest BCUT2D eigenvalue weighted by atomic mass is 10.1. The molecule has 112 valence electrons. The van der Waals surface area contributed by atoms with E-state index in [0.717, 1.165) is 34.8 Å². The van der Waals surface area contributed by atoms with E-state index in [1.54, 1.807) is 11.8 Å². The summed E-state index contributed by atoms with van der Waals surface area (Å²) in [4.78, 5) is 13.5. The van der Waals surface area contributed by atoms with Gasteiger partial charge in [-0.2, -0.15) is 11.8 Å². The van der Waals surface area contributed by atoms with Gasteiger partial charge in [0.15, 0.2) is 5.78 Å². The highest BCUT2D eigenvalue weighted by atomic mass is 32.2. The number of carbonyl (C=O) groups excluding carboxylic acids is 1. The van der Waals surface area contributed by atoms with Crippen LogP contribution in [0.15, 0.2) is 0 Å². The first-order valence-corrected chi connectivity index (χ1v) is 9.62. The summed E-state index contributed by atoms with van der Waals surface area (Å²) >= 11 is 3.12. The lowest BCUT2D eigenvalue weighted by Gasteiger charge is -2.01. The summed E-state index contributed by atoms with van der Waals surface area (Å²) in [5.41, 5.74) is 0.794. The maximum absolute atomic E-state index is 14.1. The number of thioether (sulfide) groups is 1. The summed E-state index contributed by atoms with van der Waals surface area (Å²) in [7, 11) is 0.